The van der Waals surface area contributed by atoms with Crippen molar-refractivity contribution >= 4 is 34.9 Å². The SMILES string of the molecule is COc1ccccc1C(=O)Nc1nn(C(=O)O)c2cc(C(=O)O)oc12. The van der Waals surface area contributed by atoms with Gasteiger partial charge in [-0.15, -0.1) is 5.10 Å². The van der Waals surface area contributed by atoms with Gasteiger partial charge in [0.05, 0.1) is 12.7 Å². The van der Waals surface area contributed by atoms with Crippen LogP contribution in [0.2, 0.25) is 0 Å². The normalized spacial score (nSPS) is 10.6. The van der Waals surface area contributed by atoms with E-state index in [1.165, 1.54) is 13.2 Å². The van der Waals surface area contributed by atoms with E-state index in [-0.39, 0.29) is 22.5 Å². The van der Waals surface area contributed by atoms with E-state index in [1.54, 1.807) is 18.2 Å². The fraction of sp³-hybridized carbons (Fsp3) is 0.0667. The van der Waals surface area contributed by atoms with Crippen molar-refractivity contribution in [1.82, 2.24) is 9.78 Å². The molecule has 2 aromatic heterocycles. The maximum Gasteiger partial charge on any atom is 0.432 e. The van der Waals surface area contributed by atoms with Crippen LogP contribution in [-0.2, 0) is 0 Å². The van der Waals surface area contributed by atoms with E-state index in [4.69, 9.17) is 19.4 Å². The Morgan fingerprint density at radius 2 is 1.96 bits per heavy atom. The predicted molar refractivity (Wildman–Crippen MR) is 83.3 cm³/mol. The summed E-state index contributed by atoms with van der Waals surface area (Å²) in [5.74, 6) is -2.40. The maximum absolute atomic E-state index is 12.4. The number of methoxy groups -OCH3 is 1. The van der Waals surface area contributed by atoms with Crippen molar-refractivity contribution in [3.63, 3.8) is 0 Å². The van der Waals surface area contributed by atoms with Gasteiger partial charge in [-0.2, -0.15) is 4.68 Å². The van der Waals surface area contributed by atoms with Crippen LogP contribution in [0.3, 0.4) is 0 Å². The van der Waals surface area contributed by atoms with Crippen LogP contribution in [0.15, 0.2) is 34.7 Å². The summed E-state index contributed by atoms with van der Waals surface area (Å²) in [6, 6.07) is 7.40. The number of hydrogen-bond acceptors (Lipinski definition) is 6. The second kappa shape index (κ2) is 6.00. The number of carboxylic acids is 1. The van der Waals surface area contributed by atoms with Crippen molar-refractivity contribution in [2.75, 3.05) is 12.4 Å². The number of nitrogens with one attached hydrogen (secondary N) is 1. The molecule has 2 heterocycles. The minimum absolute atomic E-state index is 0.0970. The molecule has 0 bridgehead atoms. The molecule has 128 valence electrons. The van der Waals surface area contributed by atoms with Crippen LogP contribution in [-0.4, -0.2) is 45.1 Å². The number of para-hydroxylation sites is 1. The number of fused-ring (bicyclic) bond motifs is 1. The minimum atomic E-state index is -1.46. The molecule has 1 amide bonds. The zero-order chi connectivity index (χ0) is 18.1. The Morgan fingerprint density at radius 1 is 1.24 bits per heavy atom. The van der Waals surface area contributed by atoms with Gasteiger partial charge < -0.3 is 24.7 Å². The molecular formula is C15H11N3O7. The van der Waals surface area contributed by atoms with Crippen LogP contribution in [0.5, 0.6) is 5.75 Å². The summed E-state index contributed by atoms with van der Waals surface area (Å²) in [6.07, 6.45) is -1.46. The molecule has 25 heavy (non-hydrogen) atoms. The largest absolute Gasteiger partial charge is 0.496 e. The third-order valence-corrected chi connectivity index (χ3v) is 3.33. The lowest BCUT2D eigenvalue weighted by Crippen LogP contribution is -2.15. The van der Waals surface area contributed by atoms with Gasteiger partial charge in [0.2, 0.25) is 5.76 Å². The molecule has 3 rings (SSSR count). The summed E-state index contributed by atoms with van der Waals surface area (Å²) in [4.78, 5) is 34.7. The monoisotopic (exact) mass is 345 g/mol. The number of carbonyl (C=O) groups excluding carboxylic acids is 1. The predicted octanol–water partition coefficient (Wildman–Crippen LogP) is 2.11. The number of aromatic carboxylic acids is 1. The van der Waals surface area contributed by atoms with Crippen molar-refractivity contribution < 1.29 is 33.8 Å². The fourth-order valence-corrected chi connectivity index (χ4v) is 2.25. The molecule has 10 heteroatoms. The lowest BCUT2D eigenvalue weighted by atomic mass is 10.2. The van der Waals surface area contributed by atoms with E-state index in [2.05, 4.69) is 10.4 Å². The van der Waals surface area contributed by atoms with Gasteiger partial charge >= 0.3 is 12.1 Å². The van der Waals surface area contributed by atoms with Gasteiger partial charge in [0, 0.05) is 6.07 Å². The molecule has 0 aliphatic heterocycles. The van der Waals surface area contributed by atoms with Crippen molar-refractivity contribution in [3.8, 4) is 5.75 Å². The molecule has 3 N–H and O–H groups in total. The van der Waals surface area contributed by atoms with Crippen LogP contribution in [0.25, 0.3) is 11.1 Å². The summed E-state index contributed by atoms with van der Waals surface area (Å²) in [5, 5.41) is 24.3. The number of carboxylic acid groups (broad SMARTS) is 2. The Balaban J connectivity index is 2.05. The molecule has 0 radical (unpaired) electrons. The Morgan fingerprint density at radius 3 is 2.60 bits per heavy atom. The number of anilines is 1. The second-order valence-corrected chi connectivity index (χ2v) is 4.83. The van der Waals surface area contributed by atoms with Gasteiger partial charge in [-0.3, -0.25) is 4.79 Å². The van der Waals surface area contributed by atoms with E-state index in [9.17, 15) is 14.4 Å². The van der Waals surface area contributed by atoms with Gasteiger partial charge in [0.25, 0.3) is 5.91 Å². The molecule has 0 aliphatic rings. The van der Waals surface area contributed by atoms with Crippen molar-refractivity contribution in [2.45, 2.75) is 0 Å². The number of aromatic nitrogens is 2. The molecule has 0 saturated carbocycles. The Labute approximate surface area is 139 Å². The fourth-order valence-electron chi connectivity index (χ4n) is 2.25. The lowest BCUT2D eigenvalue weighted by molar-refractivity contribution is 0.0665. The van der Waals surface area contributed by atoms with Crippen molar-refractivity contribution in [3.05, 3.63) is 41.7 Å². The number of amides is 1. The first kappa shape index (κ1) is 16.1. The zero-order valence-corrected chi connectivity index (χ0v) is 12.7. The molecule has 0 atom stereocenters. The van der Waals surface area contributed by atoms with Gasteiger partial charge in [0.1, 0.15) is 11.3 Å². The average Bonchev–Trinajstić information content (AvgIpc) is 3.15. The molecule has 0 fully saturated rings. The molecule has 0 spiro atoms. The number of furan rings is 1. The number of hydrogen-bond donors (Lipinski definition) is 3. The molecule has 0 aliphatic carbocycles. The first-order valence-corrected chi connectivity index (χ1v) is 6.86. The smallest absolute Gasteiger partial charge is 0.432 e. The zero-order valence-electron chi connectivity index (χ0n) is 12.7. The molecule has 0 unspecified atom stereocenters. The quantitative estimate of drug-likeness (QED) is 0.652. The Hall–Kier alpha value is -3.82. The van der Waals surface area contributed by atoms with Crippen LogP contribution < -0.4 is 10.1 Å². The highest BCUT2D eigenvalue weighted by atomic mass is 16.5. The summed E-state index contributed by atoms with van der Waals surface area (Å²) in [7, 11) is 1.40. The number of carbonyl (C=O) groups is 3. The molecule has 3 aromatic rings. The van der Waals surface area contributed by atoms with Gasteiger partial charge in [-0.05, 0) is 12.1 Å². The topological polar surface area (TPSA) is 144 Å². The minimum Gasteiger partial charge on any atom is -0.496 e. The first-order valence-electron chi connectivity index (χ1n) is 6.86. The van der Waals surface area contributed by atoms with Crippen LogP contribution in [0.1, 0.15) is 20.9 Å². The summed E-state index contributed by atoms with van der Waals surface area (Å²) >= 11 is 0. The molecule has 0 saturated heterocycles. The van der Waals surface area contributed by atoms with Crippen LogP contribution in [0.4, 0.5) is 10.6 Å². The van der Waals surface area contributed by atoms with Crippen LogP contribution >= 0.6 is 0 Å². The molecule has 10 nitrogen and oxygen atoms in total. The number of ether oxygens (including phenoxy) is 1. The summed E-state index contributed by atoms with van der Waals surface area (Å²) in [5.41, 5.74) is -0.0729. The highest BCUT2D eigenvalue weighted by Crippen LogP contribution is 2.28. The molecular weight excluding hydrogens is 334 g/mol. The van der Waals surface area contributed by atoms with E-state index in [0.29, 0.717) is 10.4 Å². The van der Waals surface area contributed by atoms with Crippen molar-refractivity contribution in [1.29, 1.82) is 0 Å². The maximum atomic E-state index is 12.4. The first-order chi connectivity index (χ1) is 11.9. The summed E-state index contributed by atoms with van der Waals surface area (Å²) < 4.78 is 10.7. The highest BCUT2D eigenvalue weighted by Gasteiger charge is 2.24. The number of benzene rings is 1. The molecule has 1 aromatic carbocycles. The van der Waals surface area contributed by atoms with Gasteiger partial charge in [0.15, 0.2) is 11.4 Å². The number of nitrogens with zero attached hydrogens (tertiary/aromatic N) is 2. The average molecular weight is 345 g/mol. The lowest BCUT2D eigenvalue weighted by Gasteiger charge is -2.07. The second-order valence-electron chi connectivity index (χ2n) is 4.83. The summed E-state index contributed by atoms with van der Waals surface area (Å²) in [6.45, 7) is 0. The van der Waals surface area contributed by atoms with Crippen molar-refractivity contribution in [2.24, 2.45) is 0 Å². The third-order valence-electron chi connectivity index (χ3n) is 3.33. The standard InChI is InChI=1S/C15H11N3O7/c1-24-9-5-3-2-4-7(9)13(19)16-12-11-8(18(17-12)15(22)23)6-10(25-11)14(20)21/h2-6H,1H3,(H,20,21)(H,22,23)(H,16,17,19). The van der Waals surface area contributed by atoms with E-state index in [0.717, 1.165) is 6.07 Å². The Bertz CT molecular complexity index is 1000. The Kier molecular flexibility index (Phi) is 3.85. The van der Waals surface area contributed by atoms with E-state index < -0.39 is 23.7 Å². The van der Waals surface area contributed by atoms with E-state index >= 15 is 0 Å². The van der Waals surface area contributed by atoms with Gasteiger partial charge in [-0.1, -0.05) is 12.1 Å². The van der Waals surface area contributed by atoms with Crippen LogP contribution in [0, 0.1) is 0 Å². The third kappa shape index (κ3) is 2.76. The van der Waals surface area contributed by atoms with E-state index in [1.807, 2.05) is 0 Å². The highest BCUT2D eigenvalue weighted by molar-refractivity contribution is 6.09. The number of rotatable bonds is 4. The van der Waals surface area contributed by atoms with Gasteiger partial charge in [-0.25, -0.2) is 9.59 Å².